The van der Waals surface area contributed by atoms with Crippen LogP contribution in [0.4, 0.5) is 0 Å². The third-order valence-corrected chi connectivity index (χ3v) is 6.37. The summed E-state index contributed by atoms with van der Waals surface area (Å²) in [6, 6.07) is 9.39. The second-order valence-electron chi connectivity index (χ2n) is 9.08. The predicted molar refractivity (Wildman–Crippen MR) is 136 cm³/mol. The van der Waals surface area contributed by atoms with E-state index >= 15 is 0 Å². The van der Waals surface area contributed by atoms with E-state index in [1.807, 2.05) is 56.0 Å². The number of ether oxygens (including phenoxy) is 2. The summed E-state index contributed by atoms with van der Waals surface area (Å²) < 4.78 is 11.9. The van der Waals surface area contributed by atoms with Crippen LogP contribution < -0.4 is 9.47 Å². The number of amides is 1. The molecular formula is C28H35N3O4. The second kappa shape index (κ2) is 10.4. The summed E-state index contributed by atoms with van der Waals surface area (Å²) >= 11 is 0. The zero-order valence-corrected chi connectivity index (χ0v) is 21.3. The van der Waals surface area contributed by atoms with Gasteiger partial charge in [0.15, 0.2) is 11.5 Å². The maximum Gasteiger partial charge on any atom is 0.273 e. The number of rotatable bonds is 10. The summed E-state index contributed by atoms with van der Waals surface area (Å²) in [7, 11) is 0. The predicted octanol–water partition coefficient (Wildman–Crippen LogP) is 5.93. The Balaban J connectivity index is 1.85. The topological polar surface area (TPSA) is 87.7 Å². The average molecular weight is 478 g/mol. The fourth-order valence-corrected chi connectivity index (χ4v) is 4.77. The van der Waals surface area contributed by atoms with Crippen molar-refractivity contribution in [3.63, 3.8) is 0 Å². The molecule has 0 bridgehead atoms. The molecule has 0 fully saturated rings. The number of H-pyrrole nitrogens is 1. The Morgan fingerprint density at radius 3 is 2.57 bits per heavy atom. The number of benzene rings is 2. The molecule has 7 nitrogen and oxygen atoms in total. The molecule has 1 aliphatic rings. The Labute approximate surface area is 207 Å². The fourth-order valence-electron chi connectivity index (χ4n) is 4.77. The summed E-state index contributed by atoms with van der Waals surface area (Å²) in [6.45, 7) is 11.7. The first kappa shape index (κ1) is 24.6. The number of unbranched alkanes of at least 4 members (excludes halogenated alkanes) is 1. The van der Waals surface area contributed by atoms with Crippen molar-refractivity contribution in [2.24, 2.45) is 0 Å². The van der Waals surface area contributed by atoms with Crippen LogP contribution in [-0.4, -0.2) is 45.9 Å². The van der Waals surface area contributed by atoms with Gasteiger partial charge in [-0.05, 0) is 68.5 Å². The molecule has 35 heavy (non-hydrogen) atoms. The minimum absolute atomic E-state index is 0.0873. The third-order valence-electron chi connectivity index (χ3n) is 6.37. The van der Waals surface area contributed by atoms with Crippen molar-refractivity contribution in [3.05, 3.63) is 58.3 Å². The van der Waals surface area contributed by atoms with Gasteiger partial charge in [0.05, 0.1) is 19.3 Å². The van der Waals surface area contributed by atoms with E-state index in [0.717, 1.165) is 41.5 Å². The van der Waals surface area contributed by atoms with E-state index in [1.165, 1.54) is 0 Å². The highest BCUT2D eigenvalue weighted by molar-refractivity contribution is 6.00. The Bertz CT molecular complexity index is 1220. The first-order valence-electron chi connectivity index (χ1n) is 12.5. The molecule has 0 aliphatic carbocycles. The lowest BCUT2D eigenvalue weighted by Crippen LogP contribution is -2.30. The van der Waals surface area contributed by atoms with Crippen LogP contribution in [0.15, 0.2) is 30.3 Å². The van der Waals surface area contributed by atoms with E-state index in [4.69, 9.17) is 9.47 Å². The van der Waals surface area contributed by atoms with Gasteiger partial charge in [-0.3, -0.25) is 9.89 Å². The number of carbonyl (C=O) groups excluding carboxylic acids is 1. The lowest BCUT2D eigenvalue weighted by molar-refractivity contribution is 0.0743. The molecular weight excluding hydrogens is 442 g/mol. The molecule has 7 heteroatoms. The van der Waals surface area contributed by atoms with E-state index in [0.29, 0.717) is 48.2 Å². The SMILES string of the molecule is CCCCOc1ccc(C2c3c(-c4cc(C)cc(C)c4O)n[nH]c3C(=O)N2CCC)cc1OCC. The third kappa shape index (κ3) is 4.59. The fraction of sp³-hybridized carbons (Fsp3) is 0.429. The van der Waals surface area contributed by atoms with Crippen LogP contribution in [0.2, 0.25) is 0 Å². The number of aromatic nitrogens is 2. The number of hydrogen-bond acceptors (Lipinski definition) is 5. The number of aromatic amines is 1. The van der Waals surface area contributed by atoms with Crippen LogP contribution in [0, 0.1) is 13.8 Å². The van der Waals surface area contributed by atoms with Crippen LogP contribution >= 0.6 is 0 Å². The van der Waals surface area contributed by atoms with Gasteiger partial charge in [0, 0.05) is 17.7 Å². The van der Waals surface area contributed by atoms with Crippen molar-refractivity contribution in [2.75, 3.05) is 19.8 Å². The summed E-state index contributed by atoms with van der Waals surface area (Å²) in [5.74, 6) is 1.46. The molecule has 1 aromatic heterocycles. The highest BCUT2D eigenvalue weighted by Crippen LogP contribution is 2.46. The monoisotopic (exact) mass is 477 g/mol. The van der Waals surface area contributed by atoms with Gasteiger partial charge >= 0.3 is 0 Å². The molecule has 0 saturated carbocycles. The zero-order chi connectivity index (χ0) is 25.1. The highest BCUT2D eigenvalue weighted by atomic mass is 16.5. The molecule has 0 radical (unpaired) electrons. The van der Waals surface area contributed by atoms with Crippen molar-refractivity contribution >= 4 is 5.91 Å². The Hall–Kier alpha value is -3.48. The molecule has 3 aromatic rings. The number of nitrogens with one attached hydrogen (secondary N) is 1. The van der Waals surface area contributed by atoms with Gasteiger partial charge < -0.3 is 19.5 Å². The first-order chi connectivity index (χ1) is 16.9. The Morgan fingerprint density at radius 2 is 1.86 bits per heavy atom. The largest absolute Gasteiger partial charge is 0.507 e. The number of phenolic OH excluding ortho intramolecular Hbond substituents is 1. The summed E-state index contributed by atoms with van der Waals surface area (Å²) in [6.07, 6.45) is 2.84. The normalized spacial score (nSPS) is 14.9. The molecule has 1 aliphatic heterocycles. The Morgan fingerprint density at radius 1 is 1.06 bits per heavy atom. The summed E-state index contributed by atoms with van der Waals surface area (Å²) in [5.41, 5.74) is 5.19. The maximum atomic E-state index is 13.4. The number of aryl methyl sites for hydroxylation is 2. The van der Waals surface area contributed by atoms with Crippen molar-refractivity contribution < 1.29 is 19.4 Å². The highest BCUT2D eigenvalue weighted by Gasteiger charge is 2.42. The van der Waals surface area contributed by atoms with E-state index in [9.17, 15) is 9.90 Å². The van der Waals surface area contributed by atoms with Gasteiger partial charge in [-0.1, -0.05) is 32.4 Å². The van der Waals surface area contributed by atoms with E-state index in [1.54, 1.807) is 0 Å². The van der Waals surface area contributed by atoms with Crippen molar-refractivity contribution in [1.82, 2.24) is 15.1 Å². The minimum Gasteiger partial charge on any atom is -0.507 e. The standard InChI is InChI=1S/C28H35N3O4/c1-6-9-13-35-21-11-10-19(16-22(21)34-8-3)26-23-24(20-15-17(4)14-18(5)27(20)32)29-30-25(23)28(33)31(26)12-7-2/h10-11,14-16,26,32H,6-9,12-13H2,1-5H3,(H,29,30). The molecule has 1 amide bonds. The van der Waals surface area contributed by atoms with Crippen LogP contribution in [0.25, 0.3) is 11.3 Å². The molecule has 4 rings (SSSR count). The second-order valence-corrected chi connectivity index (χ2v) is 9.08. The molecule has 2 heterocycles. The molecule has 2 N–H and O–H groups in total. The lowest BCUT2D eigenvalue weighted by Gasteiger charge is -2.27. The summed E-state index contributed by atoms with van der Waals surface area (Å²) in [5, 5.41) is 18.4. The number of hydrogen-bond donors (Lipinski definition) is 2. The van der Waals surface area contributed by atoms with Crippen molar-refractivity contribution in [1.29, 1.82) is 0 Å². The smallest absolute Gasteiger partial charge is 0.273 e. The van der Waals surface area contributed by atoms with Crippen molar-refractivity contribution in [3.8, 4) is 28.5 Å². The average Bonchev–Trinajstić information content (AvgIpc) is 3.37. The number of aromatic hydroxyl groups is 1. The van der Waals surface area contributed by atoms with E-state index in [-0.39, 0.29) is 17.7 Å². The van der Waals surface area contributed by atoms with Gasteiger partial charge in [0.2, 0.25) is 0 Å². The summed E-state index contributed by atoms with van der Waals surface area (Å²) in [4.78, 5) is 15.3. The van der Waals surface area contributed by atoms with Gasteiger partial charge in [-0.2, -0.15) is 5.10 Å². The van der Waals surface area contributed by atoms with Crippen LogP contribution in [-0.2, 0) is 0 Å². The quantitative estimate of drug-likeness (QED) is 0.353. The molecule has 0 saturated heterocycles. The van der Waals surface area contributed by atoms with Crippen molar-refractivity contribution in [2.45, 2.75) is 59.9 Å². The molecule has 2 aromatic carbocycles. The van der Waals surface area contributed by atoms with E-state index < -0.39 is 0 Å². The van der Waals surface area contributed by atoms with Gasteiger partial charge in [0.25, 0.3) is 5.91 Å². The number of phenols is 1. The van der Waals surface area contributed by atoms with Gasteiger partial charge in [0.1, 0.15) is 17.1 Å². The number of nitrogens with zero attached hydrogens (tertiary/aromatic N) is 2. The van der Waals surface area contributed by atoms with Crippen LogP contribution in [0.1, 0.15) is 78.8 Å². The number of carbonyl (C=O) groups is 1. The van der Waals surface area contributed by atoms with Crippen LogP contribution in [0.5, 0.6) is 17.2 Å². The molecule has 1 atom stereocenters. The molecule has 0 spiro atoms. The Kier molecular flexibility index (Phi) is 7.34. The van der Waals surface area contributed by atoms with Crippen LogP contribution in [0.3, 0.4) is 0 Å². The van der Waals surface area contributed by atoms with E-state index in [2.05, 4.69) is 24.0 Å². The molecule has 186 valence electrons. The van der Waals surface area contributed by atoms with Gasteiger partial charge in [-0.15, -0.1) is 0 Å². The minimum atomic E-state index is -0.352. The number of fused-ring (bicyclic) bond motifs is 1. The maximum absolute atomic E-state index is 13.4. The van der Waals surface area contributed by atoms with Gasteiger partial charge in [-0.25, -0.2) is 0 Å². The zero-order valence-electron chi connectivity index (χ0n) is 21.3. The first-order valence-corrected chi connectivity index (χ1v) is 12.5. The molecule has 1 unspecified atom stereocenters. The lowest BCUT2D eigenvalue weighted by atomic mass is 9.94.